The van der Waals surface area contributed by atoms with Crippen molar-refractivity contribution in [3.8, 4) is 0 Å². The van der Waals surface area contributed by atoms with Gasteiger partial charge >= 0.3 is 0 Å². The highest BCUT2D eigenvalue weighted by atomic mass is 16.6. The number of rotatable bonds is 4. The molecule has 0 bridgehead atoms. The summed E-state index contributed by atoms with van der Waals surface area (Å²) in [6, 6.07) is 28.3. The van der Waals surface area contributed by atoms with Crippen molar-refractivity contribution in [1.29, 1.82) is 0 Å². The molecule has 2 heteroatoms. The summed E-state index contributed by atoms with van der Waals surface area (Å²) in [5.41, 5.74) is 1.88. The van der Waals surface area contributed by atoms with E-state index in [0.29, 0.717) is 6.61 Å². The second-order valence-electron chi connectivity index (χ2n) is 5.87. The highest BCUT2D eigenvalue weighted by Crippen LogP contribution is 2.27. The molecule has 0 saturated carbocycles. The van der Waals surface area contributed by atoms with Gasteiger partial charge in [0, 0.05) is 5.56 Å². The summed E-state index contributed by atoms with van der Waals surface area (Å²) in [7, 11) is 0. The minimum Gasteiger partial charge on any atom is -0.364 e. The van der Waals surface area contributed by atoms with Crippen molar-refractivity contribution < 1.29 is 9.84 Å². The fourth-order valence-electron chi connectivity index (χ4n) is 3.14. The van der Waals surface area contributed by atoms with Gasteiger partial charge in [0.1, 0.15) is 0 Å². The second-order valence-corrected chi connectivity index (χ2v) is 5.87. The average molecular weight is 314 g/mol. The third kappa shape index (κ3) is 2.78. The molecular formula is C22H18O2. The number of benzene rings is 4. The third-order valence-electron chi connectivity index (χ3n) is 4.37. The second kappa shape index (κ2) is 6.44. The molecule has 2 nitrogen and oxygen atoms in total. The van der Waals surface area contributed by atoms with Gasteiger partial charge in [-0.25, -0.2) is 0 Å². The van der Waals surface area contributed by atoms with Crippen molar-refractivity contribution in [2.75, 3.05) is 0 Å². The van der Waals surface area contributed by atoms with Gasteiger partial charge in [-0.3, -0.25) is 0 Å². The van der Waals surface area contributed by atoms with E-state index in [1.165, 1.54) is 5.39 Å². The zero-order chi connectivity index (χ0) is 16.4. The molecule has 1 N–H and O–H groups in total. The Bertz CT molecular complexity index is 980. The lowest BCUT2D eigenvalue weighted by molar-refractivity contribution is -0.110. The molecule has 0 radical (unpaired) electrons. The molecule has 0 saturated heterocycles. The first-order chi connectivity index (χ1) is 11.8. The van der Waals surface area contributed by atoms with Gasteiger partial charge in [-0.15, -0.1) is 0 Å². The molecule has 4 aromatic rings. The van der Waals surface area contributed by atoms with Crippen molar-refractivity contribution in [3.63, 3.8) is 0 Å². The van der Waals surface area contributed by atoms with Crippen molar-refractivity contribution in [2.45, 2.75) is 12.9 Å². The minimum absolute atomic E-state index is 0.367. The lowest BCUT2D eigenvalue weighted by atomic mass is 10.0. The number of ether oxygens (including phenoxy) is 1. The van der Waals surface area contributed by atoms with Crippen molar-refractivity contribution in [3.05, 3.63) is 96.1 Å². The van der Waals surface area contributed by atoms with Gasteiger partial charge in [0.05, 0.1) is 6.61 Å². The molecule has 1 atom stereocenters. The molecule has 4 aromatic carbocycles. The van der Waals surface area contributed by atoms with E-state index >= 15 is 0 Å². The Morgan fingerprint density at radius 3 is 2.04 bits per heavy atom. The van der Waals surface area contributed by atoms with Crippen LogP contribution in [0.2, 0.25) is 0 Å². The number of aliphatic hydroxyl groups excluding tert-OH is 1. The third-order valence-corrected chi connectivity index (χ3v) is 4.37. The van der Waals surface area contributed by atoms with E-state index in [-0.39, 0.29) is 0 Å². The Kier molecular flexibility index (Phi) is 3.99. The molecule has 1 unspecified atom stereocenters. The van der Waals surface area contributed by atoms with Gasteiger partial charge in [0.15, 0.2) is 6.29 Å². The number of hydrogen-bond acceptors (Lipinski definition) is 2. The fourth-order valence-corrected chi connectivity index (χ4v) is 3.14. The maximum atomic E-state index is 10.5. The molecule has 0 aliphatic rings. The minimum atomic E-state index is -0.949. The van der Waals surface area contributed by atoms with E-state index in [4.69, 9.17) is 4.74 Å². The summed E-state index contributed by atoms with van der Waals surface area (Å²) in [6.45, 7) is 0.367. The predicted molar refractivity (Wildman–Crippen MR) is 97.6 cm³/mol. The molecule has 118 valence electrons. The predicted octanol–water partition coefficient (Wildman–Crippen LogP) is 5.20. The summed E-state index contributed by atoms with van der Waals surface area (Å²) in [4.78, 5) is 0. The maximum Gasteiger partial charge on any atom is 0.182 e. The fraction of sp³-hybridized carbons (Fsp3) is 0.0909. The van der Waals surface area contributed by atoms with Crippen molar-refractivity contribution >= 4 is 21.5 Å². The van der Waals surface area contributed by atoms with E-state index in [1.54, 1.807) is 0 Å². The lowest BCUT2D eigenvalue weighted by Gasteiger charge is -2.15. The van der Waals surface area contributed by atoms with Gasteiger partial charge in [-0.05, 0) is 27.1 Å². The quantitative estimate of drug-likeness (QED) is 0.525. The van der Waals surface area contributed by atoms with E-state index in [1.807, 2.05) is 66.7 Å². The first kappa shape index (κ1) is 14.9. The van der Waals surface area contributed by atoms with Crippen LogP contribution in [0.1, 0.15) is 17.4 Å². The first-order valence-electron chi connectivity index (χ1n) is 8.07. The van der Waals surface area contributed by atoms with Crippen molar-refractivity contribution in [1.82, 2.24) is 0 Å². The average Bonchev–Trinajstić information content (AvgIpc) is 2.65. The van der Waals surface area contributed by atoms with Crippen LogP contribution < -0.4 is 0 Å². The number of aliphatic hydroxyl groups is 1. The highest BCUT2D eigenvalue weighted by molar-refractivity contribution is 5.86. The number of fused-ring (bicyclic) bond motifs is 2. The Morgan fingerprint density at radius 2 is 1.25 bits per heavy atom. The zero-order valence-corrected chi connectivity index (χ0v) is 13.2. The SMILES string of the molecule is OC(OCc1cccc2ccccc12)c1cccc2ccccc12. The zero-order valence-electron chi connectivity index (χ0n) is 13.2. The van der Waals surface area contributed by atoms with Gasteiger partial charge in [0.25, 0.3) is 0 Å². The van der Waals surface area contributed by atoms with Gasteiger partial charge in [-0.1, -0.05) is 84.9 Å². The van der Waals surface area contributed by atoms with Gasteiger partial charge in [0.2, 0.25) is 0 Å². The Hall–Kier alpha value is -2.68. The topological polar surface area (TPSA) is 29.5 Å². The van der Waals surface area contributed by atoms with E-state index < -0.39 is 6.29 Å². The standard InChI is InChI=1S/C22H18O2/c23-22(21-14-6-10-17-8-2-4-13-20(17)21)24-15-18-11-5-9-16-7-1-3-12-19(16)18/h1-14,22-23H,15H2. The van der Waals surface area contributed by atoms with E-state index in [2.05, 4.69) is 18.2 Å². The van der Waals surface area contributed by atoms with E-state index in [0.717, 1.165) is 27.3 Å². The van der Waals surface area contributed by atoms with Crippen LogP contribution in [0.4, 0.5) is 0 Å². The van der Waals surface area contributed by atoms with Crippen LogP contribution in [0, 0.1) is 0 Å². The van der Waals surface area contributed by atoms with Crippen LogP contribution in [0.5, 0.6) is 0 Å². The molecule has 0 fully saturated rings. The lowest BCUT2D eigenvalue weighted by Crippen LogP contribution is -2.04. The normalized spacial score (nSPS) is 12.5. The monoisotopic (exact) mass is 314 g/mol. The maximum absolute atomic E-state index is 10.5. The molecule has 4 rings (SSSR count). The smallest absolute Gasteiger partial charge is 0.182 e. The van der Waals surface area contributed by atoms with Gasteiger partial charge in [-0.2, -0.15) is 0 Å². The number of hydrogen-bond donors (Lipinski definition) is 1. The molecule has 0 aromatic heterocycles. The Morgan fingerprint density at radius 1 is 0.667 bits per heavy atom. The Labute approximate surface area is 140 Å². The molecule has 0 spiro atoms. The highest BCUT2D eigenvalue weighted by Gasteiger charge is 2.12. The van der Waals surface area contributed by atoms with Crippen LogP contribution in [0.3, 0.4) is 0 Å². The van der Waals surface area contributed by atoms with Crippen LogP contribution in [-0.2, 0) is 11.3 Å². The van der Waals surface area contributed by atoms with Crippen LogP contribution in [0.25, 0.3) is 21.5 Å². The summed E-state index contributed by atoms with van der Waals surface area (Å²) < 4.78 is 5.79. The molecule has 0 amide bonds. The van der Waals surface area contributed by atoms with Crippen LogP contribution >= 0.6 is 0 Å². The summed E-state index contributed by atoms with van der Waals surface area (Å²) in [5, 5.41) is 15.0. The molecule has 0 aliphatic carbocycles. The first-order valence-corrected chi connectivity index (χ1v) is 8.07. The van der Waals surface area contributed by atoms with Gasteiger partial charge < -0.3 is 9.84 Å². The summed E-state index contributed by atoms with van der Waals surface area (Å²) in [6.07, 6.45) is -0.949. The largest absolute Gasteiger partial charge is 0.364 e. The Balaban J connectivity index is 1.61. The van der Waals surface area contributed by atoms with Crippen LogP contribution in [0.15, 0.2) is 84.9 Å². The summed E-state index contributed by atoms with van der Waals surface area (Å²) in [5.74, 6) is 0. The summed E-state index contributed by atoms with van der Waals surface area (Å²) >= 11 is 0. The molecule has 24 heavy (non-hydrogen) atoms. The van der Waals surface area contributed by atoms with Crippen LogP contribution in [-0.4, -0.2) is 5.11 Å². The molecule has 0 aliphatic heterocycles. The van der Waals surface area contributed by atoms with Crippen molar-refractivity contribution in [2.24, 2.45) is 0 Å². The van der Waals surface area contributed by atoms with E-state index in [9.17, 15) is 5.11 Å². The molecular weight excluding hydrogens is 296 g/mol. The molecule has 0 heterocycles.